The third-order valence-corrected chi connectivity index (χ3v) is 5.56. The van der Waals surface area contributed by atoms with E-state index in [0.717, 1.165) is 29.6 Å². The van der Waals surface area contributed by atoms with Gasteiger partial charge >= 0.3 is 0 Å². The molecule has 0 radical (unpaired) electrons. The highest BCUT2D eigenvalue weighted by Crippen LogP contribution is 2.57. The predicted octanol–water partition coefficient (Wildman–Crippen LogP) is 2.69. The van der Waals surface area contributed by atoms with Crippen molar-refractivity contribution in [3.8, 4) is 0 Å². The van der Waals surface area contributed by atoms with Crippen molar-refractivity contribution in [3.05, 3.63) is 0 Å². The second kappa shape index (κ2) is 3.71. The largest absolute Gasteiger partial charge is 0.271 e. The number of rotatable bonds is 3. The zero-order valence-electron chi connectivity index (χ0n) is 10.7. The fourth-order valence-corrected chi connectivity index (χ4v) is 5.02. The Balaban J connectivity index is 1.72. The zero-order chi connectivity index (χ0) is 11.3. The Bertz CT molecular complexity index is 244. The fraction of sp³-hybridized carbons (Fsp3) is 1.00. The molecule has 0 aromatic carbocycles. The third-order valence-electron chi connectivity index (χ3n) is 5.56. The van der Waals surface area contributed by atoms with Crippen LogP contribution in [0.15, 0.2) is 0 Å². The van der Waals surface area contributed by atoms with E-state index in [0.29, 0.717) is 0 Å². The second-order valence-corrected chi connectivity index (χ2v) is 7.33. The average molecular weight is 222 g/mol. The minimum Gasteiger partial charge on any atom is -0.271 e. The lowest BCUT2D eigenvalue weighted by molar-refractivity contribution is -0.0481. The normalized spacial score (nSPS) is 46.3. The van der Waals surface area contributed by atoms with Crippen LogP contribution in [0.25, 0.3) is 0 Å². The van der Waals surface area contributed by atoms with Crippen molar-refractivity contribution >= 4 is 0 Å². The quantitative estimate of drug-likeness (QED) is 0.569. The van der Waals surface area contributed by atoms with E-state index in [1.807, 2.05) is 0 Å². The maximum atomic E-state index is 5.66. The first-order valence-corrected chi connectivity index (χ1v) is 7.05. The van der Waals surface area contributed by atoms with Crippen molar-refractivity contribution in [2.75, 3.05) is 0 Å². The van der Waals surface area contributed by atoms with Crippen LogP contribution in [0.4, 0.5) is 0 Å². The summed E-state index contributed by atoms with van der Waals surface area (Å²) >= 11 is 0. The van der Waals surface area contributed by atoms with E-state index >= 15 is 0 Å². The van der Waals surface area contributed by atoms with E-state index in [1.54, 1.807) is 6.42 Å². The number of hydrazine groups is 1. The second-order valence-electron chi connectivity index (χ2n) is 7.33. The Morgan fingerprint density at radius 1 is 1.00 bits per heavy atom. The molecule has 0 amide bonds. The van der Waals surface area contributed by atoms with Gasteiger partial charge in [0.15, 0.2) is 0 Å². The maximum absolute atomic E-state index is 5.66. The topological polar surface area (TPSA) is 38.0 Å². The van der Waals surface area contributed by atoms with Gasteiger partial charge < -0.3 is 0 Å². The highest BCUT2D eigenvalue weighted by molar-refractivity contribution is 5.00. The molecule has 4 aliphatic rings. The molecule has 92 valence electrons. The molecule has 2 nitrogen and oxygen atoms in total. The molecule has 16 heavy (non-hydrogen) atoms. The third kappa shape index (κ3) is 1.80. The van der Waals surface area contributed by atoms with Crippen LogP contribution < -0.4 is 11.3 Å². The Kier molecular flexibility index (Phi) is 2.56. The molecule has 0 atom stereocenters. The van der Waals surface area contributed by atoms with Crippen molar-refractivity contribution in [1.29, 1.82) is 0 Å². The van der Waals surface area contributed by atoms with Gasteiger partial charge in [-0.25, -0.2) is 0 Å². The molecule has 0 aromatic rings. The van der Waals surface area contributed by atoms with E-state index in [1.165, 1.54) is 32.1 Å². The molecule has 4 aliphatic carbocycles. The lowest BCUT2D eigenvalue weighted by atomic mass is 9.50. The Hall–Kier alpha value is -0.0800. The number of nitrogens with one attached hydrogen (secondary N) is 1. The van der Waals surface area contributed by atoms with Crippen molar-refractivity contribution in [1.82, 2.24) is 5.43 Å². The first-order chi connectivity index (χ1) is 7.57. The van der Waals surface area contributed by atoms with E-state index < -0.39 is 0 Å². The van der Waals surface area contributed by atoms with Gasteiger partial charge in [0.2, 0.25) is 0 Å². The molecule has 0 heterocycles. The van der Waals surface area contributed by atoms with Gasteiger partial charge in [0.25, 0.3) is 0 Å². The van der Waals surface area contributed by atoms with Gasteiger partial charge in [-0.05, 0) is 82.0 Å². The Morgan fingerprint density at radius 2 is 1.50 bits per heavy atom. The predicted molar refractivity (Wildman–Crippen MR) is 66.6 cm³/mol. The molecule has 0 saturated heterocycles. The van der Waals surface area contributed by atoms with Gasteiger partial charge in [-0.15, -0.1) is 0 Å². The van der Waals surface area contributed by atoms with Crippen molar-refractivity contribution in [2.45, 2.75) is 57.9 Å². The standard InChI is InChI=1S/C14H26N2/c1-14(2,16-15)8-13-11-4-9-3-10(6-11)7-12(13)5-9/h9-13,16H,3-8,15H2,1-2H3. The summed E-state index contributed by atoms with van der Waals surface area (Å²) in [6.07, 6.45) is 8.93. The molecule has 0 aliphatic heterocycles. The van der Waals surface area contributed by atoms with Crippen LogP contribution in [0, 0.1) is 29.6 Å². The first kappa shape index (κ1) is 11.0. The Labute approximate surface area is 99.3 Å². The molecule has 0 aromatic heterocycles. The maximum Gasteiger partial charge on any atom is 0.0268 e. The average Bonchev–Trinajstić information content (AvgIpc) is 2.22. The molecule has 4 fully saturated rings. The summed E-state index contributed by atoms with van der Waals surface area (Å²) in [5, 5.41) is 0. The van der Waals surface area contributed by atoms with Crippen LogP contribution in [-0.4, -0.2) is 5.54 Å². The van der Waals surface area contributed by atoms with E-state index in [-0.39, 0.29) is 5.54 Å². The highest BCUT2D eigenvalue weighted by atomic mass is 15.3. The van der Waals surface area contributed by atoms with Crippen molar-refractivity contribution in [3.63, 3.8) is 0 Å². The van der Waals surface area contributed by atoms with E-state index in [2.05, 4.69) is 19.3 Å². The highest BCUT2D eigenvalue weighted by Gasteiger charge is 2.48. The van der Waals surface area contributed by atoms with Crippen LogP contribution in [0.1, 0.15) is 52.4 Å². The molecule has 4 rings (SSSR count). The molecule has 2 heteroatoms. The SMILES string of the molecule is CC(C)(CC1C2CC3CC(C2)CC1C3)NN. The number of hydrogen-bond donors (Lipinski definition) is 2. The first-order valence-electron chi connectivity index (χ1n) is 7.05. The minimum absolute atomic E-state index is 0.125. The minimum atomic E-state index is 0.125. The molecule has 0 unspecified atom stereocenters. The summed E-state index contributed by atoms with van der Waals surface area (Å²) < 4.78 is 0. The molecular formula is C14H26N2. The molecular weight excluding hydrogens is 196 g/mol. The summed E-state index contributed by atoms with van der Waals surface area (Å²) in [6, 6.07) is 0. The lowest BCUT2D eigenvalue weighted by Crippen LogP contribution is -2.51. The molecule has 3 N–H and O–H groups in total. The van der Waals surface area contributed by atoms with Crippen molar-refractivity contribution < 1.29 is 0 Å². The summed E-state index contributed by atoms with van der Waals surface area (Å²) in [4.78, 5) is 0. The van der Waals surface area contributed by atoms with E-state index in [4.69, 9.17) is 5.84 Å². The van der Waals surface area contributed by atoms with Crippen molar-refractivity contribution in [2.24, 2.45) is 35.4 Å². The molecule has 0 spiro atoms. The van der Waals surface area contributed by atoms with Crippen LogP contribution >= 0.6 is 0 Å². The summed E-state index contributed by atoms with van der Waals surface area (Å²) in [5.74, 6) is 10.9. The van der Waals surface area contributed by atoms with Gasteiger partial charge in [0.1, 0.15) is 0 Å². The van der Waals surface area contributed by atoms with Gasteiger partial charge in [0, 0.05) is 5.54 Å². The molecule has 4 bridgehead atoms. The van der Waals surface area contributed by atoms with Gasteiger partial charge in [0.05, 0.1) is 0 Å². The number of nitrogens with two attached hydrogens (primary N) is 1. The van der Waals surface area contributed by atoms with Crippen LogP contribution in [0.2, 0.25) is 0 Å². The monoisotopic (exact) mass is 222 g/mol. The summed E-state index contributed by atoms with van der Waals surface area (Å²) in [6.45, 7) is 4.50. The lowest BCUT2D eigenvalue weighted by Gasteiger charge is -2.55. The number of hydrogen-bond acceptors (Lipinski definition) is 2. The summed E-state index contributed by atoms with van der Waals surface area (Å²) in [5.41, 5.74) is 3.13. The van der Waals surface area contributed by atoms with Gasteiger partial charge in [-0.1, -0.05) is 0 Å². The zero-order valence-corrected chi connectivity index (χ0v) is 10.7. The smallest absolute Gasteiger partial charge is 0.0268 e. The Morgan fingerprint density at radius 3 is 1.94 bits per heavy atom. The molecule has 4 saturated carbocycles. The van der Waals surface area contributed by atoms with Crippen LogP contribution in [0.3, 0.4) is 0 Å². The van der Waals surface area contributed by atoms with Gasteiger partial charge in [-0.3, -0.25) is 11.3 Å². The van der Waals surface area contributed by atoms with Gasteiger partial charge in [-0.2, -0.15) is 0 Å². The van der Waals surface area contributed by atoms with E-state index in [9.17, 15) is 0 Å². The van der Waals surface area contributed by atoms with Crippen LogP contribution in [-0.2, 0) is 0 Å². The summed E-state index contributed by atoms with van der Waals surface area (Å²) in [7, 11) is 0. The van der Waals surface area contributed by atoms with Crippen LogP contribution in [0.5, 0.6) is 0 Å². The fourth-order valence-electron chi connectivity index (χ4n) is 5.02.